The van der Waals surface area contributed by atoms with Gasteiger partial charge in [-0.1, -0.05) is 29.8 Å². The molecule has 4 bridgehead atoms. The van der Waals surface area contributed by atoms with Crippen LogP contribution in [0.25, 0.3) is 0 Å². The number of hydrogen-bond donors (Lipinski definition) is 1. The third-order valence-electron chi connectivity index (χ3n) is 6.97. The minimum absolute atomic E-state index is 0. The maximum atomic E-state index is 3.43. The summed E-state index contributed by atoms with van der Waals surface area (Å²) in [6.07, 6.45) is 8.90. The molecule has 5 rings (SSSR count). The Morgan fingerprint density at radius 1 is 0.955 bits per heavy atom. The highest BCUT2D eigenvalue weighted by atomic mass is 35.5. The van der Waals surface area contributed by atoms with Crippen molar-refractivity contribution in [3.8, 4) is 0 Å². The number of benzene rings is 1. The van der Waals surface area contributed by atoms with E-state index in [9.17, 15) is 0 Å². The summed E-state index contributed by atoms with van der Waals surface area (Å²) in [7, 11) is 2.11. The van der Waals surface area contributed by atoms with Gasteiger partial charge in [0, 0.05) is 5.41 Å². The van der Waals surface area contributed by atoms with Gasteiger partial charge in [0.1, 0.15) is 0 Å². The van der Waals surface area contributed by atoms with Crippen LogP contribution in [-0.2, 0) is 5.41 Å². The highest BCUT2D eigenvalue weighted by molar-refractivity contribution is 5.85. The highest BCUT2D eigenvalue weighted by Crippen LogP contribution is 2.64. The second-order valence-electron chi connectivity index (χ2n) is 8.06. The van der Waals surface area contributed by atoms with Crippen molar-refractivity contribution in [1.82, 2.24) is 5.32 Å². The zero-order valence-electron chi connectivity index (χ0n) is 14.0. The Kier molecular flexibility index (Phi) is 4.58. The summed E-state index contributed by atoms with van der Waals surface area (Å²) in [5.41, 5.74) is 3.52. The molecule has 4 saturated carbocycles. The topological polar surface area (TPSA) is 12.0 Å². The van der Waals surface area contributed by atoms with Crippen LogP contribution in [0.4, 0.5) is 0 Å². The van der Waals surface area contributed by atoms with Gasteiger partial charge >= 0.3 is 0 Å². The Labute approximate surface area is 141 Å². The lowest BCUT2D eigenvalue weighted by Gasteiger charge is -2.62. The predicted octanol–water partition coefficient (Wildman–Crippen LogP) is 4.72. The molecule has 4 fully saturated rings. The fraction of sp³-hybridized carbons (Fsp3) is 0.700. The maximum absolute atomic E-state index is 3.43. The number of nitrogens with one attached hydrogen (secondary N) is 1. The molecule has 1 aromatic carbocycles. The average Bonchev–Trinajstić information content (AvgIpc) is 2.48. The summed E-state index contributed by atoms with van der Waals surface area (Å²) in [6, 6.07) is 9.57. The van der Waals surface area contributed by atoms with Gasteiger partial charge in [0.25, 0.3) is 0 Å². The number of hydrogen-bond acceptors (Lipinski definition) is 1. The summed E-state index contributed by atoms with van der Waals surface area (Å²) in [4.78, 5) is 0. The Balaban J connectivity index is 0.00000144. The summed E-state index contributed by atoms with van der Waals surface area (Å²) in [6.45, 7) is 3.37. The monoisotopic (exact) mass is 319 g/mol. The smallest absolute Gasteiger partial charge is 0.00219 e. The van der Waals surface area contributed by atoms with E-state index in [1.165, 1.54) is 37.7 Å². The van der Waals surface area contributed by atoms with Crippen LogP contribution in [-0.4, -0.2) is 13.6 Å². The first-order valence-electron chi connectivity index (χ1n) is 8.94. The molecule has 0 aliphatic heterocycles. The Hall–Kier alpha value is -0.530. The Bertz CT molecular complexity index is 479. The first-order chi connectivity index (χ1) is 10.2. The van der Waals surface area contributed by atoms with E-state index in [2.05, 4.69) is 43.6 Å². The molecule has 4 aliphatic rings. The standard InChI is InChI=1S/C20H29N.ClH/c1-14-3-5-17(6-4-14)20(7-8-21-2)18-10-15-9-16(12-18)13-19(20)11-15;/h3-6,15-16,18-19,21H,7-13H2,1-2H3;1H. The van der Waals surface area contributed by atoms with E-state index in [1.54, 1.807) is 12.0 Å². The molecule has 0 amide bonds. The predicted molar refractivity (Wildman–Crippen MR) is 95.7 cm³/mol. The van der Waals surface area contributed by atoms with Crippen molar-refractivity contribution >= 4 is 12.4 Å². The number of aryl methyl sites for hydroxylation is 1. The number of halogens is 1. The van der Waals surface area contributed by atoms with Gasteiger partial charge in [0.15, 0.2) is 0 Å². The molecule has 0 saturated heterocycles. The molecule has 1 aromatic rings. The molecule has 1 nitrogen and oxygen atoms in total. The summed E-state index contributed by atoms with van der Waals surface area (Å²) in [5.74, 6) is 4.01. The van der Waals surface area contributed by atoms with Crippen molar-refractivity contribution < 1.29 is 0 Å². The fourth-order valence-electron chi connectivity index (χ4n) is 6.24. The number of rotatable bonds is 4. The summed E-state index contributed by atoms with van der Waals surface area (Å²) in [5, 5.41) is 3.43. The SMILES string of the molecule is CNCCC1(c2ccc(C)cc2)C2CC3CC(C2)CC1C3.Cl. The van der Waals surface area contributed by atoms with Gasteiger partial charge in [0.05, 0.1) is 0 Å². The molecule has 1 N–H and O–H groups in total. The Morgan fingerprint density at radius 2 is 1.50 bits per heavy atom. The third-order valence-corrected chi connectivity index (χ3v) is 6.97. The van der Waals surface area contributed by atoms with Crippen molar-refractivity contribution in [3.05, 3.63) is 35.4 Å². The molecule has 0 unspecified atom stereocenters. The average molecular weight is 320 g/mol. The van der Waals surface area contributed by atoms with E-state index in [4.69, 9.17) is 0 Å². The largest absolute Gasteiger partial charge is 0.320 e. The highest BCUT2D eigenvalue weighted by Gasteiger charge is 2.57. The molecule has 0 atom stereocenters. The van der Waals surface area contributed by atoms with E-state index in [0.717, 1.165) is 30.2 Å². The zero-order chi connectivity index (χ0) is 14.4. The molecule has 4 aliphatic carbocycles. The minimum Gasteiger partial charge on any atom is -0.320 e. The Morgan fingerprint density at radius 3 is 2.00 bits per heavy atom. The van der Waals surface area contributed by atoms with E-state index >= 15 is 0 Å². The van der Waals surface area contributed by atoms with Gasteiger partial charge in [-0.15, -0.1) is 12.4 Å². The summed E-state index contributed by atoms with van der Waals surface area (Å²) >= 11 is 0. The van der Waals surface area contributed by atoms with E-state index in [1.807, 2.05) is 0 Å². The van der Waals surface area contributed by atoms with Crippen LogP contribution in [0.15, 0.2) is 24.3 Å². The fourth-order valence-corrected chi connectivity index (χ4v) is 6.24. The second-order valence-corrected chi connectivity index (χ2v) is 8.06. The van der Waals surface area contributed by atoms with Crippen LogP contribution in [0.3, 0.4) is 0 Å². The molecular weight excluding hydrogens is 290 g/mol. The lowest BCUT2D eigenvalue weighted by atomic mass is 9.43. The van der Waals surface area contributed by atoms with Crippen molar-refractivity contribution in [2.45, 2.75) is 50.9 Å². The van der Waals surface area contributed by atoms with Crippen LogP contribution < -0.4 is 5.32 Å². The van der Waals surface area contributed by atoms with Crippen molar-refractivity contribution in [2.75, 3.05) is 13.6 Å². The van der Waals surface area contributed by atoms with Crippen LogP contribution in [0.2, 0.25) is 0 Å². The molecule has 22 heavy (non-hydrogen) atoms. The summed E-state index contributed by atoms with van der Waals surface area (Å²) < 4.78 is 0. The lowest BCUT2D eigenvalue weighted by molar-refractivity contribution is -0.0645. The third kappa shape index (κ3) is 2.41. The van der Waals surface area contributed by atoms with E-state index in [-0.39, 0.29) is 12.4 Å². The molecule has 0 aromatic heterocycles. The molecular formula is C20H30ClN. The van der Waals surface area contributed by atoms with Crippen molar-refractivity contribution in [2.24, 2.45) is 23.7 Å². The van der Waals surface area contributed by atoms with Gasteiger partial charge in [-0.3, -0.25) is 0 Å². The first kappa shape index (κ1) is 16.3. The van der Waals surface area contributed by atoms with E-state index in [0.29, 0.717) is 5.41 Å². The maximum Gasteiger partial charge on any atom is 0.00219 e. The van der Waals surface area contributed by atoms with Crippen LogP contribution in [0.5, 0.6) is 0 Å². The van der Waals surface area contributed by atoms with Crippen molar-refractivity contribution in [3.63, 3.8) is 0 Å². The molecule has 0 spiro atoms. The van der Waals surface area contributed by atoms with Crippen molar-refractivity contribution in [1.29, 1.82) is 0 Å². The molecule has 122 valence electrons. The first-order valence-corrected chi connectivity index (χ1v) is 8.94. The second kappa shape index (κ2) is 6.17. The lowest BCUT2D eigenvalue weighted by Crippen LogP contribution is -2.56. The van der Waals surface area contributed by atoms with Crippen LogP contribution >= 0.6 is 12.4 Å². The minimum atomic E-state index is 0. The van der Waals surface area contributed by atoms with Gasteiger partial charge < -0.3 is 5.32 Å². The van der Waals surface area contributed by atoms with Crippen LogP contribution in [0, 0.1) is 30.6 Å². The quantitative estimate of drug-likeness (QED) is 0.846. The van der Waals surface area contributed by atoms with Gasteiger partial charge in [-0.2, -0.15) is 0 Å². The normalized spacial score (nSPS) is 38.8. The van der Waals surface area contributed by atoms with Gasteiger partial charge in [-0.05, 0) is 88.3 Å². The van der Waals surface area contributed by atoms with Gasteiger partial charge in [-0.25, -0.2) is 0 Å². The van der Waals surface area contributed by atoms with Gasteiger partial charge in [0.2, 0.25) is 0 Å². The molecule has 2 heteroatoms. The van der Waals surface area contributed by atoms with Crippen LogP contribution in [0.1, 0.15) is 49.7 Å². The van der Waals surface area contributed by atoms with E-state index < -0.39 is 0 Å². The molecule has 0 heterocycles. The zero-order valence-corrected chi connectivity index (χ0v) is 14.8. The molecule has 0 radical (unpaired) electrons.